The molecule has 0 aromatic heterocycles. The molecule has 0 aliphatic carbocycles. The van der Waals surface area contributed by atoms with Crippen molar-refractivity contribution < 1.29 is 9.53 Å². The molecule has 0 fully saturated rings. The number of hydrazone groups is 1. The van der Waals surface area contributed by atoms with Gasteiger partial charge in [0.25, 0.3) is 5.91 Å². The van der Waals surface area contributed by atoms with E-state index in [0.717, 1.165) is 28.8 Å². The van der Waals surface area contributed by atoms with Gasteiger partial charge in [0.1, 0.15) is 5.75 Å². The summed E-state index contributed by atoms with van der Waals surface area (Å²) in [5, 5.41) is 4.00. The summed E-state index contributed by atoms with van der Waals surface area (Å²) in [6.45, 7) is 2.98. The molecule has 2 aromatic rings. The summed E-state index contributed by atoms with van der Waals surface area (Å²) in [6.07, 6.45) is 9.15. The van der Waals surface area contributed by atoms with Crippen molar-refractivity contribution >= 4 is 28.1 Å². The van der Waals surface area contributed by atoms with Crippen LogP contribution in [0.3, 0.4) is 0 Å². The van der Waals surface area contributed by atoms with E-state index in [2.05, 4.69) is 33.4 Å². The fourth-order valence-electron chi connectivity index (χ4n) is 2.55. The first kappa shape index (κ1) is 21.2. The third-order valence-electron chi connectivity index (χ3n) is 4.13. The molecule has 0 aliphatic rings. The van der Waals surface area contributed by atoms with Crippen molar-refractivity contribution in [2.45, 2.75) is 45.4 Å². The number of hydrogen-bond acceptors (Lipinski definition) is 3. The van der Waals surface area contributed by atoms with Gasteiger partial charge in [0.15, 0.2) is 0 Å². The highest BCUT2D eigenvalue weighted by atomic mass is 79.9. The Balaban J connectivity index is 1.69. The van der Waals surface area contributed by atoms with Gasteiger partial charge in [-0.15, -0.1) is 0 Å². The topological polar surface area (TPSA) is 50.7 Å². The lowest BCUT2D eigenvalue weighted by molar-refractivity contribution is 0.0955. The van der Waals surface area contributed by atoms with Crippen LogP contribution in [0.15, 0.2) is 58.1 Å². The Morgan fingerprint density at radius 3 is 2.37 bits per heavy atom. The Morgan fingerprint density at radius 1 is 1.00 bits per heavy atom. The van der Waals surface area contributed by atoms with Crippen LogP contribution in [0.4, 0.5) is 0 Å². The van der Waals surface area contributed by atoms with Gasteiger partial charge in [-0.05, 0) is 60.5 Å². The molecular formula is C22H27BrN2O2. The van der Waals surface area contributed by atoms with Crippen molar-refractivity contribution in [1.82, 2.24) is 5.43 Å². The van der Waals surface area contributed by atoms with Gasteiger partial charge < -0.3 is 4.74 Å². The van der Waals surface area contributed by atoms with Crippen molar-refractivity contribution in [1.29, 1.82) is 0 Å². The number of benzene rings is 2. The molecule has 1 N–H and O–H groups in total. The van der Waals surface area contributed by atoms with Gasteiger partial charge in [0.2, 0.25) is 0 Å². The van der Waals surface area contributed by atoms with Crippen molar-refractivity contribution in [3.63, 3.8) is 0 Å². The molecule has 0 spiro atoms. The minimum absolute atomic E-state index is 0.238. The Hall–Kier alpha value is -2.14. The van der Waals surface area contributed by atoms with Crippen molar-refractivity contribution in [2.75, 3.05) is 6.61 Å². The third-order valence-corrected chi connectivity index (χ3v) is 4.66. The molecule has 0 bridgehead atoms. The summed E-state index contributed by atoms with van der Waals surface area (Å²) < 4.78 is 6.69. The quantitative estimate of drug-likeness (QED) is 0.271. The number of amides is 1. The lowest BCUT2D eigenvalue weighted by Crippen LogP contribution is -2.17. The van der Waals surface area contributed by atoms with Gasteiger partial charge in [0.05, 0.1) is 12.8 Å². The van der Waals surface area contributed by atoms with Crippen LogP contribution in [0.25, 0.3) is 0 Å². The Labute approximate surface area is 170 Å². The molecule has 0 saturated carbocycles. The predicted molar refractivity (Wildman–Crippen MR) is 115 cm³/mol. The zero-order chi connectivity index (χ0) is 19.3. The maximum Gasteiger partial charge on any atom is 0.271 e. The molecule has 27 heavy (non-hydrogen) atoms. The SMILES string of the molecule is CCCCCCCCOc1ccc(/C=N\NC(=O)c2ccc(Br)cc2)cc1. The molecule has 0 unspecified atom stereocenters. The average Bonchev–Trinajstić information content (AvgIpc) is 2.69. The maximum atomic E-state index is 12.0. The summed E-state index contributed by atoms with van der Waals surface area (Å²) >= 11 is 3.34. The second-order valence-corrected chi connectivity index (χ2v) is 7.31. The molecule has 5 heteroatoms. The summed E-state index contributed by atoms with van der Waals surface area (Å²) in [6, 6.07) is 14.8. The highest BCUT2D eigenvalue weighted by molar-refractivity contribution is 9.10. The van der Waals surface area contributed by atoms with E-state index in [-0.39, 0.29) is 5.91 Å². The molecular weight excluding hydrogens is 404 g/mol. The van der Waals surface area contributed by atoms with Crippen LogP contribution >= 0.6 is 15.9 Å². The zero-order valence-corrected chi connectivity index (χ0v) is 17.4. The summed E-state index contributed by atoms with van der Waals surface area (Å²) in [4.78, 5) is 12.0. The van der Waals surface area contributed by atoms with Crippen LogP contribution in [0.1, 0.15) is 61.4 Å². The van der Waals surface area contributed by atoms with Crippen LogP contribution in [-0.4, -0.2) is 18.7 Å². The number of hydrogen-bond donors (Lipinski definition) is 1. The number of nitrogens with one attached hydrogen (secondary N) is 1. The van der Waals surface area contributed by atoms with E-state index in [1.807, 2.05) is 36.4 Å². The van der Waals surface area contributed by atoms with E-state index >= 15 is 0 Å². The van der Waals surface area contributed by atoms with Gasteiger partial charge in [-0.25, -0.2) is 5.43 Å². The molecule has 0 heterocycles. The minimum Gasteiger partial charge on any atom is -0.494 e. The van der Waals surface area contributed by atoms with E-state index in [4.69, 9.17) is 4.74 Å². The number of rotatable bonds is 11. The molecule has 0 atom stereocenters. The Morgan fingerprint density at radius 2 is 1.67 bits per heavy atom. The number of ether oxygens (including phenoxy) is 1. The van der Waals surface area contributed by atoms with Crippen LogP contribution in [0.2, 0.25) is 0 Å². The number of carbonyl (C=O) groups is 1. The molecule has 4 nitrogen and oxygen atoms in total. The standard InChI is InChI=1S/C22H27BrN2O2/c1-2-3-4-5-6-7-16-27-21-14-8-18(9-15-21)17-24-25-22(26)19-10-12-20(23)13-11-19/h8-15,17H,2-7,16H2,1H3,(H,25,26)/b24-17-. The fourth-order valence-corrected chi connectivity index (χ4v) is 2.82. The van der Waals surface area contributed by atoms with Crippen LogP contribution in [0.5, 0.6) is 5.75 Å². The first-order valence-corrected chi connectivity index (χ1v) is 10.3. The van der Waals surface area contributed by atoms with Crippen LogP contribution < -0.4 is 10.2 Å². The van der Waals surface area contributed by atoms with Crippen LogP contribution in [0, 0.1) is 0 Å². The van der Waals surface area contributed by atoms with E-state index in [0.29, 0.717) is 5.56 Å². The van der Waals surface area contributed by atoms with E-state index in [1.54, 1.807) is 18.3 Å². The monoisotopic (exact) mass is 430 g/mol. The lowest BCUT2D eigenvalue weighted by Gasteiger charge is -2.06. The maximum absolute atomic E-state index is 12.0. The molecule has 2 aromatic carbocycles. The number of unbranched alkanes of at least 4 members (excludes halogenated alkanes) is 5. The largest absolute Gasteiger partial charge is 0.494 e. The molecule has 144 valence electrons. The van der Waals surface area contributed by atoms with E-state index in [9.17, 15) is 4.79 Å². The lowest BCUT2D eigenvalue weighted by atomic mass is 10.1. The van der Waals surface area contributed by atoms with Gasteiger partial charge >= 0.3 is 0 Å². The summed E-state index contributed by atoms with van der Waals surface area (Å²) in [5.74, 6) is 0.622. The fraction of sp³-hybridized carbons (Fsp3) is 0.364. The van der Waals surface area contributed by atoms with Crippen molar-refractivity contribution in [3.05, 3.63) is 64.1 Å². The van der Waals surface area contributed by atoms with Gasteiger partial charge in [-0.1, -0.05) is 55.0 Å². The Bertz CT molecular complexity index is 712. The van der Waals surface area contributed by atoms with E-state index in [1.165, 1.54) is 32.1 Å². The zero-order valence-electron chi connectivity index (χ0n) is 15.8. The molecule has 0 aliphatic heterocycles. The first-order valence-electron chi connectivity index (χ1n) is 9.51. The molecule has 1 amide bonds. The summed E-state index contributed by atoms with van der Waals surface area (Å²) in [5.41, 5.74) is 3.99. The third kappa shape index (κ3) is 8.39. The second-order valence-electron chi connectivity index (χ2n) is 6.39. The first-order chi connectivity index (χ1) is 13.2. The Kier molecular flexibility index (Phi) is 9.63. The van der Waals surface area contributed by atoms with Crippen molar-refractivity contribution in [2.24, 2.45) is 5.10 Å². The normalized spacial score (nSPS) is 10.9. The van der Waals surface area contributed by atoms with Crippen LogP contribution in [-0.2, 0) is 0 Å². The number of halogens is 1. The highest BCUT2D eigenvalue weighted by Crippen LogP contribution is 2.13. The number of nitrogens with zero attached hydrogens (tertiary/aromatic N) is 1. The average molecular weight is 431 g/mol. The molecule has 2 rings (SSSR count). The number of carbonyl (C=O) groups excluding carboxylic acids is 1. The van der Waals surface area contributed by atoms with E-state index < -0.39 is 0 Å². The molecule has 0 radical (unpaired) electrons. The second kappa shape index (κ2) is 12.3. The van der Waals surface area contributed by atoms with Gasteiger partial charge in [0, 0.05) is 10.0 Å². The highest BCUT2D eigenvalue weighted by Gasteiger charge is 2.03. The molecule has 0 saturated heterocycles. The minimum atomic E-state index is -0.238. The predicted octanol–water partition coefficient (Wildman–Crippen LogP) is 5.95. The van der Waals surface area contributed by atoms with Gasteiger partial charge in [-0.3, -0.25) is 4.79 Å². The smallest absolute Gasteiger partial charge is 0.271 e. The van der Waals surface area contributed by atoms with Crippen molar-refractivity contribution in [3.8, 4) is 5.75 Å². The van der Waals surface area contributed by atoms with Gasteiger partial charge in [-0.2, -0.15) is 5.10 Å². The summed E-state index contributed by atoms with van der Waals surface area (Å²) in [7, 11) is 0.